The monoisotopic (exact) mass is 393 g/mol. The molecule has 0 N–H and O–H groups in total. The van der Waals surface area contributed by atoms with Gasteiger partial charge in [-0.25, -0.2) is 12.8 Å². The van der Waals surface area contributed by atoms with E-state index in [1.807, 2.05) is 0 Å². The van der Waals surface area contributed by atoms with Gasteiger partial charge in [-0.15, -0.1) is 0 Å². The van der Waals surface area contributed by atoms with Gasteiger partial charge < -0.3 is 4.74 Å². The van der Waals surface area contributed by atoms with Crippen LogP contribution in [0.15, 0.2) is 27.6 Å². The molecular weight excluding hydrogens is 377 g/mol. The Morgan fingerprint density at radius 1 is 1.41 bits per heavy atom. The maximum atomic E-state index is 13.1. The average molecular weight is 394 g/mol. The molecule has 1 heterocycles. The number of ether oxygens (including phenoxy) is 1. The molecule has 1 aromatic carbocycles. The summed E-state index contributed by atoms with van der Waals surface area (Å²) in [5.41, 5.74) is 0. The first-order valence-electron chi connectivity index (χ1n) is 6.98. The van der Waals surface area contributed by atoms with Crippen molar-refractivity contribution in [3.8, 4) is 0 Å². The Hall–Kier alpha value is -0.990. The zero-order chi connectivity index (χ0) is 16.3. The van der Waals surface area contributed by atoms with E-state index in [-0.39, 0.29) is 34.3 Å². The van der Waals surface area contributed by atoms with Gasteiger partial charge in [0.1, 0.15) is 5.82 Å². The number of benzene rings is 1. The number of sulfonamides is 1. The lowest BCUT2D eigenvalue weighted by Gasteiger charge is -2.30. The first kappa shape index (κ1) is 17.4. The van der Waals surface area contributed by atoms with Crippen molar-refractivity contribution in [3.63, 3.8) is 0 Å². The van der Waals surface area contributed by atoms with Crippen LogP contribution in [0.3, 0.4) is 0 Å². The third kappa shape index (κ3) is 3.67. The number of hydrogen-bond acceptors (Lipinski definition) is 4. The van der Waals surface area contributed by atoms with Gasteiger partial charge in [0, 0.05) is 17.6 Å². The van der Waals surface area contributed by atoms with Gasteiger partial charge in [-0.05, 0) is 53.9 Å². The quantitative estimate of drug-likeness (QED) is 0.737. The Labute approximate surface area is 137 Å². The Morgan fingerprint density at radius 3 is 2.59 bits per heavy atom. The van der Waals surface area contributed by atoms with Crippen LogP contribution in [0.2, 0.25) is 0 Å². The Balaban J connectivity index is 2.11. The maximum absolute atomic E-state index is 13.1. The van der Waals surface area contributed by atoms with Crippen LogP contribution >= 0.6 is 15.9 Å². The molecule has 5 nitrogen and oxygen atoms in total. The van der Waals surface area contributed by atoms with Crippen LogP contribution in [0.5, 0.6) is 0 Å². The summed E-state index contributed by atoms with van der Waals surface area (Å²) in [7, 11) is -3.70. The first-order chi connectivity index (χ1) is 10.4. The van der Waals surface area contributed by atoms with Gasteiger partial charge in [0.25, 0.3) is 0 Å². The fraction of sp³-hybridized carbons (Fsp3) is 0.500. The van der Waals surface area contributed by atoms with Crippen LogP contribution in [0, 0.1) is 11.7 Å². The number of halogens is 2. The second-order valence-corrected chi connectivity index (χ2v) is 7.77. The van der Waals surface area contributed by atoms with E-state index in [4.69, 9.17) is 4.74 Å². The smallest absolute Gasteiger partial charge is 0.309 e. The molecule has 0 bridgehead atoms. The van der Waals surface area contributed by atoms with Gasteiger partial charge in [0.15, 0.2) is 0 Å². The van der Waals surface area contributed by atoms with Crippen molar-refractivity contribution >= 4 is 31.9 Å². The second kappa shape index (κ2) is 7.06. The minimum Gasteiger partial charge on any atom is -0.466 e. The van der Waals surface area contributed by atoms with E-state index < -0.39 is 15.8 Å². The van der Waals surface area contributed by atoms with Crippen molar-refractivity contribution in [2.75, 3.05) is 19.7 Å². The average Bonchev–Trinajstić information content (AvgIpc) is 2.47. The summed E-state index contributed by atoms with van der Waals surface area (Å²) in [6, 6.07) is 3.48. The van der Waals surface area contributed by atoms with Gasteiger partial charge in [0.05, 0.1) is 17.4 Å². The third-order valence-electron chi connectivity index (χ3n) is 3.59. The first-order valence-corrected chi connectivity index (χ1v) is 9.21. The molecule has 0 radical (unpaired) electrons. The van der Waals surface area contributed by atoms with Crippen molar-refractivity contribution in [3.05, 3.63) is 28.5 Å². The summed E-state index contributed by atoms with van der Waals surface area (Å²) in [5.74, 6) is -1.04. The molecule has 0 unspecified atom stereocenters. The van der Waals surface area contributed by atoms with Gasteiger partial charge in [-0.1, -0.05) is 0 Å². The van der Waals surface area contributed by atoms with E-state index in [1.54, 1.807) is 6.92 Å². The molecule has 122 valence electrons. The summed E-state index contributed by atoms with van der Waals surface area (Å²) in [6.45, 7) is 2.55. The minimum absolute atomic E-state index is 0.0310. The van der Waals surface area contributed by atoms with Crippen molar-refractivity contribution in [2.45, 2.75) is 24.7 Å². The van der Waals surface area contributed by atoms with E-state index in [0.717, 1.165) is 12.1 Å². The predicted molar refractivity (Wildman–Crippen MR) is 82.2 cm³/mol. The van der Waals surface area contributed by atoms with Crippen LogP contribution in [-0.2, 0) is 19.6 Å². The summed E-state index contributed by atoms with van der Waals surface area (Å²) >= 11 is 3.09. The molecule has 0 saturated carbocycles. The normalized spacial score (nSPS) is 17.4. The largest absolute Gasteiger partial charge is 0.466 e. The Kier molecular flexibility index (Phi) is 5.57. The van der Waals surface area contributed by atoms with E-state index in [0.29, 0.717) is 19.4 Å². The summed E-state index contributed by atoms with van der Waals surface area (Å²) < 4.78 is 44.7. The van der Waals surface area contributed by atoms with Crippen LogP contribution in [-0.4, -0.2) is 38.4 Å². The standard InChI is InChI=1S/C14H17BrFNO4S/c1-2-21-14(18)10-5-7-17(8-6-10)22(19,20)13-4-3-11(16)9-12(13)15/h3-4,9-10H,2,5-8H2,1H3. The zero-order valence-corrected chi connectivity index (χ0v) is 14.5. The highest BCUT2D eigenvalue weighted by Gasteiger charge is 2.33. The van der Waals surface area contributed by atoms with Crippen LogP contribution in [0.25, 0.3) is 0 Å². The zero-order valence-electron chi connectivity index (χ0n) is 12.1. The van der Waals surface area contributed by atoms with Gasteiger partial charge in [0.2, 0.25) is 10.0 Å². The molecule has 1 saturated heterocycles. The molecule has 0 aromatic heterocycles. The van der Waals surface area contributed by atoms with Crippen LogP contribution in [0.4, 0.5) is 4.39 Å². The highest BCUT2D eigenvalue weighted by molar-refractivity contribution is 9.10. The van der Waals surface area contributed by atoms with Crippen molar-refractivity contribution < 1.29 is 22.3 Å². The number of hydrogen-bond donors (Lipinski definition) is 0. The molecule has 22 heavy (non-hydrogen) atoms. The lowest BCUT2D eigenvalue weighted by molar-refractivity contribution is -0.149. The SMILES string of the molecule is CCOC(=O)C1CCN(S(=O)(=O)c2ccc(F)cc2Br)CC1. The van der Waals surface area contributed by atoms with Crippen LogP contribution < -0.4 is 0 Å². The lowest BCUT2D eigenvalue weighted by Crippen LogP contribution is -2.40. The van der Waals surface area contributed by atoms with E-state index in [2.05, 4.69) is 15.9 Å². The van der Waals surface area contributed by atoms with Gasteiger partial charge >= 0.3 is 5.97 Å². The van der Waals surface area contributed by atoms with E-state index in [9.17, 15) is 17.6 Å². The fourth-order valence-electron chi connectivity index (χ4n) is 2.42. The van der Waals surface area contributed by atoms with Crippen molar-refractivity contribution in [1.82, 2.24) is 4.31 Å². The molecule has 1 aliphatic rings. The summed E-state index contributed by atoms with van der Waals surface area (Å²) in [4.78, 5) is 11.7. The summed E-state index contributed by atoms with van der Waals surface area (Å²) in [5, 5.41) is 0. The lowest BCUT2D eigenvalue weighted by atomic mass is 9.98. The van der Waals surface area contributed by atoms with E-state index >= 15 is 0 Å². The molecule has 0 aliphatic carbocycles. The predicted octanol–water partition coefficient (Wildman–Crippen LogP) is 2.55. The molecule has 1 aliphatic heterocycles. The number of rotatable bonds is 4. The Morgan fingerprint density at radius 2 is 2.05 bits per heavy atom. The number of nitrogens with zero attached hydrogens (tertiary/aromatic N) is 1. The number of carbonyl (C=O) groups excluding carboxylic acids is 1. The molecule has 1 fully saturated rings. The molecule has 2 rings (SSSR count). The molecule has 8 heteroatoms. The van der Waals surface area contributed by atoms with Gasteiger partial charge in [-0.2, -0.15) is 4.31 Å². The molecule has 0 atom stereocenters. The molecule has 0 amide bonds. The minimum atomic E-state index is -3.70. The van der Waals surface area contributed by atoms with E-state index in [1.165, 1.54) is 10.4 Å². The van der Waals surface area contributed by atoms with Gasteiger partial charge in [-0.3, -0.25) is 4.79 Å². The van der Waals surface area contributed by atoms with Crippen molar-refractivity contribution in [1.29, 1.82) is 0 Å². The topological polar surface area (TPSA) is 63.7 Å². The molecule has 1 aromatic rings. The Bertz CT molecular complexity index is 657. The molecule has 0 spiro atoms. The fourth-order valence-corrected chi connectivity index (χ4v) is 4.90. The molecular formula is C14H17BrFNO4S. The highest BCUT2D eigenvalue weighted by Crippen LogP contribution is 2.29. The number of esters is 1. The number of piperidine rings is 1. The third-order valence-corrected chi connectivity index (χ3v) is 6.46. The van der Waals surface area contributed by atoms with Crippen LogP contribution in [0.1, 0.15) is 19.8 Å². The van der Waals surface area contributed by atoms with Crippen molar-refractivity contribution in [2.24, 2.45) is 5.92 Å². The summed E-state index contributed by atoms with van der Waals surface area (Å²) in [6.07, 6.45) is 0.855. The second-order valence-electron chi connectivity index (χ2n) is 5.01. The maximum Gasteiger partial charge on any atom is 0.309 e. The number of carbonyl (C=O) groups is 1. The highest BCUT2D eigenvalue weighted by atomic mass is 79.9.